The van der Waals surface area contributed by atoms with Crippen LogP contribution in [0.25, 0.3) is 0 Å². The van der Waals surface area contributed by atoms with Crippen LogP contribution in [0.2, 0.25) is 0 Å². The Morgan fingerprint density at radius 1 is 1.42 bits per heavy atom. The molecule has 3 nitrogen and oxygen atoms in total. The second-order valence-electron chi connectivity index (χ2n) is 5.40. The Hall–Kier alpha value is -1.42. The molecular formula is C15H21FN2O. The molecule has 1 aliphatic rings. The smallest absolute Gasteiger partial charge is 0.236 e. The van der Waals surface area contributed by atoms with E-state index in [0.29, 0.717) is 13.0 Å². The highest BCUT2D eigenvalue weighted by Gasteiger charge is 2.44. The molecule has 0 heterocycles. The normalized spacial score (nSPS) is 17.8. The summed E-state index contributed by atoms with van der Waals surface area (Å²) in [5, 5.41) is 2.93. The minimum absolute atomic E-state index is 0.00467. The monoisotopic (exact) mass is 264 g/mol. The Labute approximate surface area is 113 Å². The number of rotatable bonds is 6. The summed E-state index contributed by atoms with van der Waals surface area (Å²) in [6, 6.07) is 6.13. The molecule has 0 aromatic heterocycles. The fourth-order valence-corrected chi connectivity index (χ4v) is 2.35. The molecule has 104 valence electrons. The molecule has 19 heavy (non-hydrogen) atoms. The number of benzene rings is 1. The van der Waals surface area contributed by atoms with Gasteiger partial charge in [-0.15, -0.1) is 0 Å². The number of carbonyl (C=O) groups is 1. The summed E-state index contributed by atoms with van der Waals surface area (Å²) in [7, 11) is 0. The molecule has 3 N–H and O–H groups in total. The van der Waals surface area contributed by atoms with Gasteiger partial charge in [0, 0.05) is 12.0 Å². The summed E-state index contributed by atoms with van der Waals surface area (Å²) in [6.45, 7) is 2.60. The number of nitrogens with one attached hydrogen (secondary N) is 1. The van der Waals surface area contributed by atoms with E-state index < -0.39 is 6.04 Å². The van der Waals surface area contributed by atoms with Crippen molar-refractivity contribution < 1.29 is 9.18 Å². The summed E-state index contributed by atoms with van der Waals surface area (Å²) < 4.78 is 12.9. The summed E-state index contributed by atoms with van der Waals surface area (Å²) in [4.78, 5) is 11.8. The van der Waals surface area contributed by atoms with Crippen molar-refractivity contribution in [1.82, 2.24) is 5.32 Å². The third-order valence-corrected chi connectivity index (χ3v) is 3.85. The molecule has 0 spiro atoms. The first kappa shape index (κ1) is 14.0. The van der Waals surface area contributed by atoms with Gasteiger partial charge in [-0.05, 0) is 37.0 Å². The van der Waals surface area contributed by atoms with Crippen molar-refractivity contribution in [2.75, 3.05) is 6.54 Å². The lowest BCUT2D eigenvalue weighted by Gasteiger charge is -2.18. The second-order valence-corrected chi connectivity index (χ2v) is 5.40. The number of halogens is 1. The molecule has 1 amide bonds. The molecule has 4 heteroatoms. The molecule has 0 bridgehead atoms. The van der Waals surface area contributed by atoms with Crippen LogP contribution in [0.15, 0.2) is 24.3 Å². The molecule has 1 aliphatic carbocycles. The van der Waals surface area contributed by atoms with Gasteiger partial charge in [0.25, 0.3) is 0 Å². The van der Waals surface area contributed by atoms with Crippen molar-refractivity contribution in [1.29, 1.82) is 0 Å². The van der Waals surface area contributed by atoms with Crippen molar-refractivity contribution in [3.63, 3.8) is 0 Å². The minimum atomic E-state index is -0.422. The number of amides is 1. The highest BCUT2D eigenvalue weighted by Crippen LogP contribution is 2.47. The molecule has 0 saturated heterocycles. The van der Waals surface area contributed by atoms with Gasteiger partial charge in [0.15, 0.2) is 0 Å². The molecule has 0 aliphatic heterocycles. The highest BCUT2D eigenvalue weighted by atomic mass is 19.1. The SMILES string of the molecule is CCCC(N)C(=O)NCC1(c2ccc(F)cc2)CC1. The van der Waals surface area contributed by atoms with E-state index in [1.807, 2.05) is 6.92 Å². The van der Waals surface area contributed by atoms with Gasteiger partial charge < -0.3 is 11.1 Å². The topological polar surface area (TPSA) is 55.1 Å². The Bertz CT molecular complexity index is 440. The average molecular weight is 264 g/mol. The van der Waals surface area contributed by atoms with Crippen molar-refractivity contribution >= 4 is 5.91 Å². The van der Waals surface area contributed by atoms with E-state index in [1.54, 1.807) is 12.1 Å². The summed E-state index contributed by atoms with van der Waals surface area (Å²) in [5.41, 5.74) is 6.87. The van der Waals surface area contributed by atoms with E-state index in [0.717, 1.165) is 24.8 Å². The first-order valence-corrected chi connectivity index (χ1v) is 6.87. The molecule has 2 rings (SSSR count). The first-order chi connectivity index (χ1) is 9.07. The molecular weight excluding hydrogens is 243 g/mol. The zero-order valence-electron chi connectivity index (χ0n) is 11.3. The Kier molecular flexibility index (Phi) is 4.20. The van der Waals surface area contributed by atoms with E-state index in [-0.39, 0.29) is 17.1 Å². The van der Waals surface area contributed by atoms with Gasteiger partial charge in [-0.1, -0.05) is 25.5 Å². The predicted octanol–water partition coefficient (Wildman–Crippen LogP) is 2.10. The van der Waals surface area contributed by atoms with Crippen LogP contribution < -0.4 is 11.1 Å². The van der Waals surface area contributed by atoms with Crippen molar-refractivity contribution in [3.05, 3.63) is 35.6 Å². The number of hydrogen-bond donors (Lipinski definition) is 2. The standard InChI is InChI=1S/C15H21FN2O/c1-2-3-13(17)14(19)18-10-15(8-9-15)11-4-6-12(16)7-5-11/h4-7,13H,2-3,8-10,17H2,1H3,(H,18,19). The largest absolute Gasteiger partial charge is 0.354 e. The highest BCUT2D eigenvalue weighted by molar-refractivity contribution is 5.81. The Morgan fingerprint density at radius 2 is 2.05 bits per heavy atom. The van der Waals surface area contributed by atoms with Gasteiger partial charge in [-0.25, -0.2) is 4.39 Å². The van der Waals surface area contributed by atoms with Gasteiger partial charge in [0.1, 0.15) is 5.82 Å². The van der Waals surface area contributed by atoms with Gasteiger partial charge in [-0.2, -0.15) is 0 Å². The summed E-state index contributed by atoms with van der Waals surface area (Å²) in [5.74, 6) is -0.316. The van der Waals surface area contributed by atoms with Crippen molar-refractivity contribution in [2.45, 2.75) is 44.1 Å². The lowest BCUT2D eigenvalue weighted by atomic mass is 9.96. The van der Waals surface area contributed by atoms with Gasteiger partial charge in [-0.3, -0.25) is 4.79 Å². The molecule has 1 fully saturated rings. The molecule has 1 aromatic rings. The number of hydrogen-bond acceptors (Lipinski definition) is 2. The van der Waals surface area contributed by atoms with E-state index in [2.05, 4.69) is 5.32 Å². The van der Waals surface area contributed by atoms with E-state index in [4.69, 9.17) is 5.73 Å². The summed E-state index contributed by atoms with van der Waals surface area (Å²) >= 11 is 0. The van der Waals surface area contributed by atoms with E-state index >= 15 is 0 Å². The van der Waals surface area contributed by atoms with Crippen molar-refractivity contribution in [3.8, 4) is 0 Å². The molecule has 0 radical (unpaired) electrons. The van der Waals surface area contributed by atoms with Crippen LogP contribution in [0, 0.1) is 5.82 Å². The third-order valence-electron chi connectivity index (χ3n) is 3.85. The average Bonchev–Trinajstić information content (AvgIpc) is 3.18. The van der Waals surface area contributed by atoms with Crippen molar-refractivity contribution in [2.24, 2.45) is 5.73 Å². The maximum atomic E-state index is 12.9. The predicted molar refractivity (Wildman–Crippen MR) is 73.2 cm³/mol. The second kappa shape index (κ2) is 5.70. The van der Waals surface area contributed by atoms with Crippen LogP contribution in [0.5, 0.6) is 0 Å². The molecule has 1 unspecified atom stereocenters. The van der Waals surface area contributed by atoms with Crippen LogP contribution in [0.3, 0.4) is 0 Å². The molecule has 1 saturated carbocycles. The zero-order chi connectivity index (χ0) is 13.9. The number of carbonyl (C=O) groups excluding carboxylic acids is 1. The Balaban J connectivity index is 1.92. The van der Waals surface area contributed by atoms with Gasteiger partial charge in [0.05, 0.1) is 6.04 Å². The maximum Gasteiger partial charge on any atom is 0.236 e. The quantitative estimate of drug-likeness (QED) is 0.826. The van der Waals surface area contributed by atoms with E-state index in [9.17, 15) is 9.18 Å². The zero-order valence-corrected chi connectivity index (χ0v) is 11.3. The third kappa shape index (κ3) is 3.32. The van der Waals surface area contributed by atoms with E-state index in [1.165, 1.54) is 12.1 Å². The van der Waals surface area contributed by atoms with Crippen LogP contribution >= 0.6 is 0 Å². The Morgan fingerprint density at radius 3 is 2.58 bits per heavy atom. The molecule has 1 aromatic carbocycles. The minimum Gasteiger partial charge on any atom is -0.354 e. The fraction of sp³-hybridized carbons (Fsp3) is 0.533. The molecule has 1 atom stereocenters. The maximum absolute atomic E-state index is 12.9. The lowest BCUT2D eigenvalue weighted by Crippen LogP contribution is -2.43. The van der Waals surface area contributed by atoms with Gasteiger partial charge >= 0.3 is 0 Å². The van der Waals surface area contributed by atoms with Crippen LogP contribution in [-0.2, 0) is 10.2 Å². The van der Waals surface area contributed by atoms with Crippen LogP contribution in [-0.4, -0.2) is 18.5 Å². The lowest BCUT2D eigenvalue weighted by molar-refractivity contribution is -0.122. The van der Waals surface area contributed by atoms with Crippen LogP contribution in [0.1, 0.15) is 38.2 Å². The van der Waals surface area contributed by atoms with Crippen LogP contribution in [0.4, 0.5) is 4.39 Å². The fourth-order valence-electron chi connectivity index (χ4n) is 2.35. The van der Waals surface area contributed by atoms with Gasteiger partial charge in [0.2, 0.25) is 5.91 Å². The first-order valence-electron chi connectivity index (χ1n) is 6.87. The number of nitrogens with two attached hydrogens (primary N) is 1. The summed E-state index contributed by atoms with van der Waals surface area (Å²) in [6.07, 6.45) is 3.66.